The zero-order valence-corrected chi connectivity index (χ0v) is 10.1. The standard InChI is InChI=1S/C13H14O2S/c1-9-10(7-8-16-9)13(14)11-5-3-4-6-12(11)15-2/h3-8,13-14H,1-2H3. The minimum atomic E-state index is -0.609. The number of methoxy groups -OCH3 is 1. The number of thiophene rings is 1. The highest BCUT2D eigenvalue weighted by atomic mass is 32.1. The molecule has 1 aromatic heterocycles. The van der Waals surface area contributed by atoms with Gasteiger partial charge in [0.15, 0.2) is 0 Å². The molecule has 0 saturated heterocycles. The summed E-state index contributed by atoms with van der Waals surface area (Å²) >= 11 is 1.64. The third-order valence-electron chi connectivity index (χ3n) is 2.63. The van der Waals surface area contributed by atoms with Gasteiger partial charge in [0.25, 0.3) is 0 Å². The number of para-hydroxylation sites is 1. The van der Waals surface area contributed by atoms with Crippen molar-refractivity contribution in [1.82, 2.24) is 0 Å². The van der Waals surface area contributed by atoms with Crippen LogP contribution in [0.2, 0.25) is 0 Å². The molecule has 2 aromatic rings. The van der Waals surface area contributed by atoms with Gasteiger partial charge in [0.2, 0.25) is 0 Å². The maximum absolute atomic E-state index is 10.3. The molecular formula is C13H14O2S. The van der Waals surface area contributed by atoms with Crippen molar-refractivity contribution < 1.29 is 9.84 Å². The van der Waals surface area contributed by atoms with E-state index in [1.807, 2.05) is 42.6 Å². The second-order valence-corrected chi connectivity index (χ2v) is 4.70. The lowest BCUT2D eigenvalue weighted by Gasteiger charge is -2.14. The second-order valence-electron chi connectivity index (χ2n) is 3.58. The van der Waals surface area contributed by atoms with Crippen molar-refractivity contribution in [2.24, 2.45) is 0 Å². The molecule has 2 nitrogen and oxygen atoms in total. The van der Waals surface area contributed by atoms with Gasteiger partial charge in [-0.05, 0) is 30.0 Å². The number of hydrogen-bond donors (Lipinski definition) is 1. The summed E-state index contributed by atoms with van der Waals surface area (Å²) in [5.41, 5.74) is 1.76. The first kappa shape index (κ1) is 11.2. The monoisotopic (exact) mass is 234 g/mol. The summed E-state index contributed by atoms with van der Waals surface area (Å²) in [4.78, 5) is 1.14. The smallest absolute Gasteiger partial charge is 0.125 e. The minimum Gasteiger partial charge on any atom is -0.496 e. The molecule has 0 aliphatic heterocycles. The number of aryl methyl sites for hydroxylation is 1. The van der Waals surface area contributed by atoms with E-state index in [0.717, 1.165) is 21.8 Å². The molecule has 0 aliphatic carbocycles. The highest BCUT2D eigenvalue weighted by molar-refractivity contribution is 7.10. The molecule has 0 spiro atoms. The lowest BCUT2D eigenvalue weighted by molar-refractivity contribution is 0.214. The minimum absolute atomic E-state index is 0.609. The lowest BCUT2D eigenvalue weighted by Crippen LogP contribution is -2.02. The van der Waals surface area contributed by atoms with Gasteiger partial charge in [0.05, 0.1) is 7.11 Å². The van der Waals surface area contributed by atoms with E-state index in [4.69, 9.17) is 4.74 Å². The highest BCUT2D eigenvalue weighted by Gasteiger charge is 2.17. The molecule has 1 heterocycles. The van der Waals surface area contributed by atoms with Crippen molar-refractivity contribution in [3.63, 3.8) is 0 Å². The second kappa shape index (κ2) is 4.68. The molecule has 0 aliphatic rings. The van der Waals surface area contributed by atoms with E-state index in [1.165, 1.54) is 0 Å². The predicted octanol–water partition coefficient (Wildman–Crippen LogP) is 3.15. The molecule has 84 valence electrons. The Labute approximate surface area is 99.1 Å². The normalized spacial score (nSPS) is 12.4. The van der Waals surface area contributed by atoms with Gasteiger partial charge in [0.1, 0.15) is 11.9 Å². The Hall–Kier alpha value is -1.32. The van der Waals surface area contributed by atoms with Crippen LogP contribution in [-0.2, 0) is 0 Å². The first-order valence-corrected chi connectivity index (χ1v) is 5.97. The maximum Gasteiger partial charge on any atom is 0.125 e. The van der Waals surface area contributed by atoms with Crippen molar-refractivity contribution in [3.8, 4) is 5.75 Å². The Bertz CT molecular complexity index is 476. The summed E-state index contributed by atoms with van der Waals surface area (Å²) in [7, 11) is 1.62. The number of rotatable bonds is 3. The van der Waals surface area contributed by atoms with Crippen molar-refractivity contribution in [2.45, 2.75) is 13.0 Å². The van der Waals surface area contributed by atoms with Crippen LogP contribution in [0.3, 0.4) is 0 Å². The first-order valence-electron chi connectivity index (χ1n) is 5.09. The Morgan fingerprint density at radius 3 is 2.56 bits per heavy atom. The van der Waals surface area contributed by atoms with E-state index in [-0.39, 0.29) is 0 Å². The van der Waals surface area contributed by atoms with Crippen molar-refractivity contribution in [3.05, 3.63) is 51.7 Å². The largest absolute Gasteiger partial charge is 0.496 e. The lowest BCUT2D eigenvalue weighted by atomic mass is 10.0. The van der Waals surface area contributed by atoms with Gasteiger partial charge in [0, 0.05) is 10.4 Å². The molecule has 2 rings (SSSR count). The van der Waals surface area contributed by atoms with E-state index in [2.05, 4.69) is 0 Å². The van der Waals surface area contributed by atoms with E-state index < -0.39 is 6.10 Å². The van der Waals surface area contributed by atoms with Gasteiger partial charge in [-0.1, -0.05) is 18.2 Å². The van der Waals surface area contributed by atoms with Crippen LogP contribution in [0.1, 0.15) is 22.1 Å². The predicted molar refractivity (Wildman–Crippen MR) is 66.1 cm³/mol. The van der Waals surface area contributed by atoms with E-state index >= 15 is 0 Å². The Balaban J connectivity index is 2.41. The number of aliphatic hydroxyl groups is 1. The van der Waals surface area contributed by atoms with E-state index in [9.17, 15) is 5.11 Å². The molecule has 0 radical (unpaired) electrons. The molecule has 3 heteroatoms. The van der Waals surface area contributed by atoms with Crippen LogP contribution in [0.15, 0.2) is 35.7 Å². The maximum atomic E-state index is 10.3. The SMILES string of the molecule is COc1ccccc1C(O)c1ccsc1C. The summed E-state index contributed by atoms with van der Waals surface area (Å²) < 4.78 is 5.25. The fourth-order valence-electron chi connectivity index (χ4n) is 1.74. The zero-order valence-electron chi connectivity index (χ0n) is 9.31. The zero-order chi connectivity index (χ0) is 11.5. The molecule has 0 fully saturated rings. The van der Waals surface area contributed by atoms with Gasteiger partial charge in [-0.25, -0.2) is 0 Å². The summed E-state index contributed by atoms with van der Waals surface area (Å²) in [6.45, 7) is 2.01. The van der Waals surface area contributed by atoms with E-state index in [0.29, 0.717) is 0 Å². The molecule has 1 N–H and O–H groups in total. The number of benzene rings is 1. The topological polar surface area (TPSA) is 29.5 Å². The van der Waals surface area contributed by atoms with Crippen LogP contribution in [0, 0.1) is 6.92 Å². The fraction of sp³-hybridized carbons (Fsp3) is 0.231. The average Bonchev–Trinajstić information content (AvgIpc) is 2.74. The van der Waals surface area contributed by atoms with Gasteiger partial charge < -0.3 is 9.84 Å². The summed E-state index contributed by atoms with van der Waals surface area (Å²) in [6.07, 6.45) is -0.609. The van der Waals surface area contributed by atoms with Gasteiger partial charge in [-0.2, -0.15) is 0 Å². The molecule has 0 bridgehead atoms. The Morgan fingerprint density at radius 2 is 1.94 bits per heavy atom. The summed E-state index contributed by atoms with van der Waals surface area (Å²) in [6, 6.07) is 9.51. The molecule has 0 saturated carbocycles. The van der Waals surface area contributed by atoms with E-state index in [1.54, 1.807) is 18.4 Å². The van der Waals surface area contributed by atoms with Crippen LogP contribution in [-0.4, -0.2) is 12.2 Å². The first-order chi connectivity index (χ1) is 7.74. The van der Waals surface area contributed by atoms with Gasteiger partial charge in [-0.3, -0.25) is 0 Å². The van der Waals surface area contributed by atoms with Crippen molar-refractivity contribution in [1.29, 1.82) is 0 Å². The van der Waals surface area contributed by atoms with Crippen LogP contribution in [0.25, 0.3) is 0 Å². The average molecular weight is 234 g/mol. The van der Waals surface area contributed by atoms with Crippen LogP contribution in [0.5, 0.6) is 5.75 Å². The molecule has 1 aromatic carbocycles. The number of ether oxygens (including phenoxy) is 1. The van der Waals surface area contributed by atoms with Crippen LogP contribution in [0.4, 0.5) is 0 Å². The number of hydrogen-bond acceptors (Lipinski definition) is 3. The highest BCUT2D eigenvalue weighted by Crippen LogP contribution is 2.32. The fourth-order valence-corrected chi connectivity index (χ4v) is 2.47. The summed E-state index contributed by atoms with van der Waals surface area (Å²) in [5.74, 6) is 0.723. The quantitative estimate of drug-likeness (QED) is 0.884. The molecule has 0 amide bonds. The molecule has 1 atom stereocenters. The van der Waals surface area contributed by atoms with Gasteiger partial charge in [-0.15, -0.1) is 11.3 Å². The third-order valence-corrected chi connectivity index (χ3v) is 3.49. The molecular weight excluding hydrogens is 220 g/mol. The van der Waals surface area contributed by atoms with Crippen molar-refractivity contribution >= 4 is 11.3 Å². The van der Waals surface area contributed by atoms with Crippen LogP contribution < -0.4 is 4.74 Å². The summed E-state index contributed by atoms with van der Waals surface area (Å²) in [5, 5.41) is 12.3. The molecule has 1 unspecified atom stereocenters. The van der Waals surface area contributed by atoms with Gasteiger partial charge >= 0.3 is 0 Å². The number of aliphatic hydroxyl groups excluding tert-OH is 1. The third kappa shape index (κ3) is 1.96. The van der Waals surface area contributed by atoms with Crippen LogP contribution >= 0.6 is 11.3 Å². The molecule has 16 heavy (non-hydrogen) atoms. The Morgan fingerprint density at radius 1 is 1.19 bits per heavy atom. The van der Waals surface area contributed by atoms with Crippen molar-refractivity contribution in [2.75, 3.05) is 7.11 Å². The Kier molecular flexibility index (Phi) is 3.27.